The topological polar surface area (TPSA) is 63.2 Å². The Kier molecular flexibility index (Phi) is 4.72. The highest BCUT2D eigenvalue weighted by atomic mass is 16.7. The summed E-state index contributed by atoms with van der Waals surface area (Å²) >= 11 is 0. The smallest absolute Gasteiger partial charge is 0.373 e. The van der Waals surface area contributed by atoms with E-state index < -0.39 is 24.5 Å². The maximum Gasteiger partial charge on any atom is 0.373 e. The van der Waals surface area contributed by atoms with Crippen molar-refractivity contribution in [2.45, 2.75) is 18.5 Å². The first kappa shape index (κ1) is 13.0. The highest BCUT2D eigenvalue weighted by Gasteiger charge is 2.37. The number of methoxy groups -OCH3 is 4. The first-order valence-corrected chi connectivity index (χ1v) is 4.73. The second-order valence-electron chi connectivity index (χ2n) is 3.15. The van der Waals surface area contributed by atoms with Gasteiger partial charge >= 0.3 is 5.97 Å². The minimum atomic E-state index is -0.700. The average molecular weight is 232 g/mol. The predicted octanol–water partition coefficient (Wildman–Crippen LogP) is 0.0760. The summed E-state index contributed by atoms with van der Waals surface area (Å²) < 4.78 is 25.3. The summed E-state index contributed by atoms with van der Waals surface area (Å²) in [6.45, 7) is 0. The van der Waals surface area contributed by atoms with Crippen LogP contribution in [0.2, 0.25) is 0 Å². The minimum absolute atomic E-state index is 0.0644. The summed E-state index contributed by atoms with van der Waals surface area (Å²) in [4.78, 5) is 11.3. The molecule has 0 fully saturated rings. The molecular formula is C10H16O6. The Morgan fingerprint density at radius 2 is 1.88 bits per heavy atom. The highest BCUT2D eigenvalue weighted by Crippen LogP contribution is 2.23. The SMILES string of the molecule is COC(=O)C1=CC(OC)C(OC)C(OC)O1. The molecular weight excluding hydrogens is 216 g/mol. The van der Waals surface area contributed by atoms with Gasteiger partial charge in [0.2, 0.25) is 12.0 Å². The van der Waals surface area contributed by atoms with Crippen LogP contribution in [0.5, 0.6) is 0 Å². The van der Waals surface area contributed by atoms with Crippen molar-refractivity contribution >= 4 is 5.97 Å². The lowest BCUT2D eigenvalue weighted by molar-refractivity contribution is -0.208. The number of carbonyl (C=O) groups is 1. The van der Waals surface area contributed by atoms with Crippen molar-refractivity contribution in [3.05, 3.63) is 11.8 Å². The zero-order valence-corrected chi connectivity index (χ0v) is 9.76. The fourth-order valence-corrected chi connectivity index (χ4v) is 1.48. The summed E-state index contributed by atoms with van der Waals surface area (Å²) in [7, 11) is 5.77. The number of rotatable bonds is 4. The van der Waals surface area contributed by atoms with E-state index in [2.05, 4.69) is 4.74 Å². The fraction of sp³-hybridized carbons (Fsp3) is 0.700. The van der Waals surface area contributed by atoms with E-state index in [1.54, 1.807) is 0 Å². The molecule has 1 rings (SSSR count). The molecule has 1 aliphatic heterocycles. The van der Waals surface area contributed by atoms with Crippen LogP contribution < -0.4 is 0 Å². The van der Waals surface area contributed by atoms with Crippen LogP contribution in [0.4, 0.5) is 0 Å². The molecule has 3 unspecified atom stereocenters. The number of ether oxygens (including phenoxy) is 5. The molecule has 0 aromatic rings. The van der Waals surface area contributed by atoms with E-state index >= 15 is 0 Å². The van der Waals surface area contributed by atoms with Crippen LogP contribution in [0.3, 0.4) is 0 Å². The van der Waals surface area contributed by atoms with Gasteiger partial charge in [0.1, 0.15) is 12.2 Å². The van der Waals surface area contributed by atoms with Crippen LogP contribution in [-0.2, 0) is 28.5 Å². The van der Waals surface area contributed by atoms with Crippen molar-refractivity contribution in [3.63, 3.8) is 0 Å². The lowest BCUT2D eigenvalue weighted by Crippen LogP contribution is -2.45. The Labute approximate surface area is 94.1 Å². The van der Waals surface area contributed by atoms with Crippen molar-refractivity contribution in [2.75, 3.05) is 28.4 Å². The standard InChI is InChI=1S/C10H16O6/c1-12-6-5-7(9(11)14-3)16-10(15-4)8(6)13-2/h5-6,8,10H,1-4H3. The van der Waals surface area contributed by atoms with Crippen LogP contribution >= 0.6 is 0 Å². The Morgan fingerprint density at radius 1 is 1.19 bits per heavy atom. The molecule has 3 atom stereocenters. The van der Waals surface area contributed by atoms with Crippen molar-refractivity contribution in [1.82, 2.24) is 0 Å². The first-order valence-electron chi connectivity index (χ1n) is 4.73. The normalized spacial score (nSPS) is 29.2. The number of esters is 1. The van der Waals surface area contributed by atoms with E-state index in [-0.39, 0.29) is 5.76 Å². The lowest BCUT2D eigenvalue weighted by atomic mass is 10.1. The molecule has 0 spiro atoms. The van der Waals surface area contributed by atoms with Gasteiger partial charge < -0.3 is 23.7 Å². The Bertz CT molecular complexity index is 274. The molecule has 0 aliphatic carbocycles. The van der Waals surface area contributed by atoms with E-state index in [1.165, 1.54) is 34.5 Å². The Hall–Kier alpha value is -1.11. The van der Waals surface area contributed by atoms with Crippen LogP contribution in [-0.4, -0.2) is 52.9 Å². The molecule has 0 aromatic heterocycles. The summed E-state index contributed by atoms with van der Waals surface area (Å²) in [5.74, 6) is -0.506. The molecule has 0 saturated carbocycles. The van der Waals surface area contributed by atoms with E-state index in [1.807, 2.05) is 0 Å². The molecule has 6 nitrogen and oxygen atoms in total. The van der Waals surface area contributed by atoms with E-state index in [9.17, 15) is 4.79 Å². The van der Waals surface area contributed by atoms with E-state index in [0.29, 0.717) is 0 Å². The monoisotopic (exact) mass is 232 g/mol. The molecule has 0 radical (unpaired) electrons. The molecule has 0 amide bonds. The average Bonchev–Trinajstić information content (AvgIpc) is 2.35. The van der Waals surface area contributed by atoms with Gasteiger partial charge in [-0.15, -0.1) is 0 Å². The molecule has 6 heteroatoms. The molecule has 0 saturated heterocycles. The molecule has 1 aliphatic rings. The van der Waals surface area contributed by atoms with Crippen molar-refractivity contribution < 1.29 is 28.5 Å². The molecule has 0 aromatic carbocycles. The largest absolute Gasteiger partial charge is 0.463 e. The lowest BCUT2D eigenvalue weighted by Gasteiger charge is -2.33. The van der Waals surface area contributed by atoms with Crippen LogP contribution in [0, 0.1) is 0 Å². The van der Waals surface area contributed by atoms with Crippen molar-refractivity contribution in [3.8, 4) is 0 Å². The van der Waals surface area contributed by atoms with Gasteiger partial charge in [-0.2, -0.15) is 0 Å². The van der Waals surface area contributed by atoms with Crippen LogP contribution in [0.15, 0.2) is 11.8 Å². The molecule has 16 heavy (non-hydrogen) atoms. The molecule has 1 heterocycles. The van der Waals surface area contributed by atoms with Gasteiger partial charge in [0.25, 0.3) is 0 Å². The zero-order chi connectivity index (χ0) is 12.1. The first-order chi connectivity index (χ1) is 7.67. The predicted molar refractivity (Wildman–Crippen MR) is 53.6 cm³/mol. The molecule has 0 N–H and O–H groups in total. The van der Waals surface area contributed by atoms with Gasteiger partial charge in [-0.25, -0.2) is 4.79 Å². The third-order valence-electron chi connectivity index (χ3n) is 2.31. The third-order valence-corrected chi connectivity index (χ3v) is 2.31. The zero-order valence-electron chi connectivity index (χ0n) is 9.76. The second-order valence-corrected chi connectivity index (χ2v) is 3.15. The third kappa shape index (κ3) is 2.52. The van der Waals surface area contributed by atoms with Gasteiger partial charge in [-0.1, -0.05) is 0 Å². The Balaban J connectivity index is 2.90. The van der Waals surface area contributed by atoms with E-state index in [4.69, 9.17) is 18.9 Å². The minimum Gasteiger partial charge on any atom is -0.463 e. The van der Waals surface area contributed by atoms with Crippen LogP contribution in [0.25, 0.3) is 0 Å². The summed E-state index contributed by atoms with van der Waals surface area (Å²) in [6.07, 6.45) is -0.0366. The summed E-state index contributed by atoms with van der Waals surface area (Å²) in [5, 5.41) is 0. The van der Waals surface area contributed by atoms with Crippen molar-refractivity contribution in [2.24, 2.45) is 0 Å². The maximum atomic E-state index is 11.3. The summed E-state index contributed by atoms with van der Waals surface area (Å²) in [6, 6.07) is 0. The van der Waals surface area contributed by atoms with Crippen molar-refractivity contribution in [1.29, 1.82) is 0 Å². The fourth-order valence-electron chi connectivity index (χ4n) is 1.48. The number of carbonyl (C=O) groups excluding carboxylic acids is 1. The van der Waals surface area contributed by atoms with Gasteiger partial charge in [-0.05, 0) is 6.08 Å². The quantitative estimate of drug-likeness (QED) is 0.639. The highest BCUT2D eigenvalue weighted by molar-refractivity contribution is 5.86. The van der Waals surface area contributed by atoms with Gasteiger partial charge in [0, 0.05) is 21.3 Å². The van der Waals surface area contributed by atoms with Gasteiger partial charge in [0.15, 0.2) is 0 Å². The van der Waals surface area contributed by atoms with E-state index in [0.717, 1.165) is 0 Å². The number of hydrogen-bond donors (Lipinski definition) is 0. The number of hydrogen-bond acceptors (Lipinski definition) is 6. The molecule has 92 valence electrons. The van der Waals surface area contributed by atoms with Gasteiger partial charge in [-0.3, -0.25) is 0 Å². The maximum absolute atomic E-state index is 11.3. The Morgan fingerprint density at radius 3 is 2.31 bits per heavy atom. The second kappa shape index (κ2) is 5.83. The van der Waals surface area contributed by atoms with Crippen LogP contribution in [0.1, 0.15) is 0 Å². The van der Waals surface area contributed by atoms with Gasteiger partial charge in [0.05, 0.1) is 7.11 Å². The summed E-state index contributed by atoms with van der Waals surface area (Å²) in [5.41, 5.74) is 0. The molecule has 0 bridgehead atoms.